The van der Waals surface area contributed by atoms with E-state index in [0.717, 1.165) is 26.1 Å². The van der Waals surface area contributed by atoms with E-state index in [4.69, 9.17) is 9.94 Å². The molecule has 0 fully saturated rings. The lowest BCUT2D eigenvalue weighted by molar-refractivity contribution is -0.144. The molecule has 0 rings (SSSR count). The Bertz CT molecular complexity index is 202. The van der Waals surface area contributed by atoms with Crippen molar-refractivity contribution in [1.82, 2.24) is 15.3 Å². The number of carbonyl (C=O) groups is 1. The number of hydroxylamine groups is 1. The number of likely N-dealkylation sites (N-methyl/N-ethyl adjacent to an activating group) is 2. The lowest BCUT2D eigenvalue weighted by atomic mass is 10.3. The first-order valence-corrected chi connectivity index (χ1v) is 5.99. The minimum absolute atomic E-state index is 0.173. The maximum atomic E-state index is 11.2. The Balaban J connectivity index is 3.49. The summed E-state index contributed by atoms with van der Waals surface area (Å²) >= 11 is 0. The van der Waals surface area contributed by atoms with Gasteiger partial charge < -0.3 is 14.8 Å². The molecular formula is C11H25N3O3. The minimum Gasteiger partial charge on any atom is -0.465 e. The highest BCUT2D eigenvalue weighted by atomic mass is 16.5. The fourth-order valence-corrected chi connectivity index (χ4v) is 1.47. The Labute approximate surface area is 103 Å². The number of hydrogen-bond acceptors (Lipinski definition) is 6. The van der Waals surface area contributed by atoms with E-state index < -0.39 is 0 Å². The van der Waals surface area contributed by atoms with Gasteiger partial charge in [0.15, 0.2) is 0 Å². The van der Waals surface area contributed by atoms with Crippen molar-refractivity contribution >= 4 is 5.97 Å². The molecule has 6 nitrogen and oxygen atoms in total. The quantitative estimate of drug-likeness (QED) is 0.411. The van der Waals surface area contributed by atoms with Crippen LogP contribution in [0.4, 0.5) is 0 Å². The van der Waals surface area contributed by atoms with Crippen LogP contribution in [0.3, 0.4) is 0 Å². The predicted octanol–water partition coefficient (Wildman–Crippen LogP) is -0.218. The Morgan fingerprint density at radius 2 is 1.88 bits per heavy atom. The van der Waals surface area contributed by atoms with Crippen LogP contribution >= 0.6 is 0 Å². The van der Waals surface area contributed by atoms with E-state index in [1.807, 2.05) is 25.9 Å². The Morgan fingerprint density at radius 3 is 2.47 bits per heavy atom. The monoisotopic (exact) mass is 247 g/mol. The van der Waals surface area contributed by atoms with Gasteiger partial charge in [-0.1, -0.05) is 0 Å². The van der Waals surface area contributed by atoms with Gasteiger partial charge in [-0.15, -0.1) is 0 Å². The summed E-state index contributed by atoms with van der Waals surface area (Å²) in [7, 11) is 3.91. The first-order chi connectivity index (χ1) is 8.10. The van der Waals surface area contributed by atoms with Gasteiger partial charge >= 0.3 is 5.97 Å². The highest BCUT2D eigenvalue weighted by Gasteiger charge is 2.07. The molecule has 0 atom stereocenters. The Morgan fingerprint density at radius 1 is 1.24 bits per heavy atom. The SMILES string of the molecule is CCOC(=O)CN(C)CCCN(C)CCNO. The number of carbonyl (C=O) groups excluding carboxylic acids is 1. The molecule has 102 valence electrons. The first kappa shape index (κ1) is 16.3. The van der Waals surface area contributed by atoms with Crippen molar-refractivity contribution in [3.63, 3.8) is 0 Å². The number of esters is 1. The van der Waals surface area contributed by atoms with E-state index >= 15 is 0 Å². The van der Waals surface area contributed by atoms with Crippen LogP contribution in [-0.2, 0) is 9.53 Å². The van der Waals surface area contributed by atoms with Crippen molar-refractivity contribution in [1.29, 1.82) is 0 Å². The molecular weight excluding hydrogens is 222 g/mol. The zero-order valence-electron chi connectivity index (χ0n) is 11.1. The molecule has 0 saturated carbocycles. The van der Waals surface area contributed by atoms with Gasteiger partial charge in [0.05, 0.1) is 13.2 Å². The predicted molar refractivity (Wildman–Crippen MR) is 66.0 cm³/mol. The molecule has 0 unspecified atom stereocenters. The van der Waals surface area contributed by atoms with Crippen molar-refractivity contribution in [2.24, 2.45) is 0 Å². The number of ether oxygens (including phenoxy) is 1. The number of hydrogen-bond donors (Lipinski definition) is 2. The molecule has 17 heavy (non-hydrogen) atoms. The van der Waals surface area contributed by atoms with Gasteiger partial charge in [-0.25, -0.2) is 5.48 Å². The van der Waals surface area contributed by atoms with E-state index in [2.05, 4.69) is 10.4 Å². The molecule has 0 amide bonds. The van der Waals surface area contributed by atoms with Gasteiger partial charge in [0, 0.05) is 13.1 Å². The molecule has 0 spiro atoms. The van der Waals surface area contributed by atoms with Gasteiger partial charge in [-0.2, -0.15) is 0 Å². The van der Waals surface area contributed by atoms with Gasteiger partial charge in [-0.05, 0) is 40.5 Å². The third kappa shape index (κ3) is 10.2. The fraction of sp³-hybridized carbons (Fsp3) is 0.909. The molecule has 0 heterocycles. The van der Waals surface area contributed by atoms with Crippen LogP contribution in [0, 0.1) is 0 Å². The zero-order chi connectivity index (χ0) is 13.1. The lowest BCUT2D eigenvalue weighted by Crippen LogP contribution is -2.32. The number of nitrogens with zero attached hydrogens (tertiary/aromatic N) is 2. The van der Waals surface area contributed by atoms with Gasteiger partial charge in [0.25, 0.3) is 0 Å². The summed E-state index contributed by atoms with van der Waals surface area (Å²) in [6, 6.07) is 0. The molecule has 0 aromatic heterocycles. The molecule has 2 N–H and O–H groups in total. The second kappa shape index (κ2) is 10.5. The average molecular weight is 247 g/mol. The summed E-state index contributed by atoms with van der Waals surface area (Å²) in [6.07, 6.45) is 0.984. The second-order valence-corrected chi connectivity index (χ2v) is 4.11. The third-order valence-corrected chi connectivity index (χ3v) is 2.39. The summed E-state index contributed by atoms with van der Waals surface area (Å²) in [4.78, 5) is 15.3. The molecule has 0 aromatic carbocycles. The maximum absolute atomic E-state index is 11.2. The summed E-state index contributed by atoms with van der Waals surface area (Å²) in [6.45, 7) is 5.75. The Kier molecular flexibility index (Phi) is 10.0. The van der Waals surface area contributed by atoms with E-state index in [1.54, 1.807) is 0 Å². The highest BCUT2D eigenvalue weighted by molar-refractivity contribution is 5.71. The summed E-state index contributed by atoms with van der Waals surface area (Å²) in [5.41, 5.74) is 2.12. The van der Waals surface area contributed by atoms with Crippen molar-refractivity contribution in [3.8, 4) is 0 Å². The lowest BCUT2D eigenvalue weighted by Gasteiger charge is -2.19. The normalized spacial score (nSPS) is 11.2. The number of rotatable bonds is 10. The van der Waals surface area contributed by atoms with Crippen molar-refractivity contribution in [3.05, 3.63) is 0 Å². The van der Waals surface area contributed by atoms with Crippen LogP contribution in [0.1, 0.15) is 13.3 Å². The van der Waals surface area contributed by atoms with Crippen molar-refractivity contribution < 1.29 is 14.7 Å². The maximum Gasteiger partial charge on any atom is 0.320 e. The highest BCUT2D eigenvalue weighted by Crippen LogP contribution is 1.92. The molecule has 0 radical (unpaired) electrons. The largest absolute Gasteiger partial charge is 0.465 e. The first-order valence-electron chi connectivity index (χ1n) is 5.99. The van der Waals surface area contributed by atoms with Gasteiger partial charge in [0.1, 0.15) is 0 Å². The molecule has 0 bridgehead atoms. The fourth-order valence-electron chi connectivity index (χ4n) is 1.47. The van der Waals surface area contributed by atoms with Crippen LogP contribution in [0.5, 0.6) is 0 Å². The van der Waals surface area contributed by atoms with Crippen LogP contribution in [0.2, 0.25) is 0 Å². The van der Waals surface area contributed by atoms with Crippen molar-refractivity contribution in [2.75, 3.05) is 53.4 Å². The summed E-state index contributed by atoms with van der Waals surface area (Å²) < 4.78 is 4.87. The van der Waals surface area contributed by atoms with Crippen LogP contribution in [0.15, 0.2) is 0 Å². The zero-order valence-corrected chi connectivity index (χ0v) is 11.1. The van der Waals surface area contributed by atoms with E-state index in [1.165, 1.54) is 0 Å². The topological polar surface area (TPSA) is 65.0 Å². The van der Waals surface area contributed by atoms with E-state index in [0.29, 0.717) is 19.7 Å². The Hall–Kier alpha value is -0.690. The number of nitrogens with one attached hydrogen (secondary N) is 1. The third-order valence-electron chi connectivity index (χ3n) is 2.39. The van der Waals surface area contributed by atoms with E-state index in [9.17, 15) is 4.79 Å². The van der Waals surface area contributed by atoms with Gasteiger partial charge in [0.2, 0.25) is 0 Å². The molecule has 0 aromatic rings. The average Bonchev–Trinajstić information content (AvgIpc) is 2.26. The molecule has 0 aliphatic rings. The van der Waals surface area contributed by atoms with Crippen LogP contribution in [0.25, 0.3) is 0 Å². The van der Waals surface area contributed by atoms with Gasteiger partial charge in [-0.3, -0.25) is 9.69 Å². The molecule has 0 saturated heterocycles. The molecule has 0 aliphatic carbocycles. The molecule has 0 aliphatic heterocycles. The van der Waals surface area contributed by atoms with Crippen LogP contribution < -0.4 is 5.48 Å². The standard InChI is InChI=1S/C11H25N3O3/c1-4-17-11(15)10-14(3)8-5-7-13(2)9-6-12-16/h12,16H,4-10H2,1-3H3. The summed E-state index contributed by atoms with van der Waals surface area (Å²) in [5, 5.41) is 8.44. The molecule has 6 heteroatoms. The van der Waals surface area contributed by atoms with Crippen LogP contribution in [-0.4, -0.2) is 74.4 Å². The van der Waals surface area contributed by atoms with Crippen molar-refractivity contribution in [2.45, 2.75) is 13.3 Å². The smallest absolute Gasteiger partial charge is 0.320 e. The minimum atomic E-state index is -0.173. The second-order valence-electron chi connectivity index (χ2n) is 4.11. The van der Waals surface area contributed by atoms with E-state index in [-0.39, 0.29) is 5.97 Å². The summed E-state index contributed by atoms with van der Waals surface area (Å²) in [5.74, 6) is -0.173.